The van der Waals surface area contributed by atoms with Crippen LogP contribution in [0.4, 0.5) is 0 Å². The first-order chi connectivity index (χ1) is 14.4. The van der Waals surface area contributed by atoms with Crippen LogP contribution in [0.1, 0.15) is 71.1 Å². The highest BCUT2D eigenvalue weighted by molar-refractivity contribution is 6.30. The number of aryl methyl sites for hydroxylation is 1. The zero-order valence-corrected chi connectivity index (χ0v) is 19.8. The Hall–Kier alpha value is -2.55. The Kier molecular flexibility index (Phi) is 6.10. The third kappa shape index (κ3) is 4.03. The maximum absolute atomic E-state index is 13.4. The van der Waals surface area contributed by atoms with E-state index in [1.165, 1.54) is 5.56 Å². The molecule has 0 amide bonds. The molecule has 0 bridgehead atoms. The first-order valence-electron chi connectivity index (χ1n) is 11.3. The SMILES string of the molecule is CCc1ccc(-c2ccc(CC(C)C)cc2)cc1C1C(=O)C(C)(C)C(=O)C(C)(C)C1=O. The molecule has 0 atom stereocenters. The van der Waals surface area contributed by atoms with Gasteiger partial charge in [0.1, 0.15) is 5.92 Å². The minimum Gasteiger partial charge on any atom is -0.298 e. The molecule has 0 spiro atoms. The summed E-state index contributed by atoms with van der Waals surface area (Å²) in [6, 6.07) is 14.5. The van der Waals surface area contributed by atoms with Crippen LogP contribution in [0, 0.1) is 16.7 Å². The number of hydrogen-bond acceptors (Lipinski definition) is 3. The quantitative estimate of drug-likeness (QED) is 0.562. The summed E-state index contributed by atoms with van der Waals surface area (Å²) in [5.74, 6) is -1.18. The Bertz CT molecular complexity index is 993. The Balaban J connectivity index is 2.10. The van der Waals surface area contributed by atoms with Crippen LogP contribution in [0.2, 0.25) is 0 Å². The maximum Gasteiger partial charge on any atom is 0.160 e. The van der Waals surface area contributed by atoms with Gasteiger partial charge in [-0.2, -0.15) is 0 Å². The predicted molar refractivity (Wildman–Crippen MR) is 125 cm³/mol. The molecule has 0 N–H and O–H groups in total. The van der Waals surface area contributed by atoms with Crippen LogP contribution in [0.25, 0.3) is 11.1 Å². The highest BCUT2D eigenvalue weighted by Crippen LogP contribution is 2.45. The summed E-state index contributed by atoms with van der Waals surface area (Å²) >= 11 is 0. The van der Waals surface area contributed by atoms with Crippen LogP contribution in [-0.2, 0) is 27.2 Å². The van der Waals surface area contributed by atoms with E-state index in [0.29, 0.717) is 5.92 Å². The molecule has 3 heteroatoms. The van der Waals surface area contributed by atoms with Crippen molar-refractivity contribution < 1.29 is 14.4 Å². The molecule has 1 aliphatic carbocycles. The summed E-state index contributed by atoms with van der Waals surface area (Å²) in [6.07, 6.45) is 1.75. The number of hydrogen-bond donors (Lipinski definition) is 0. The molecule has 31 heavy (non-hydrogen) atoms. The molecule has 3 rings (SSSR count). The normalized spacial score (nSPS) is 18.6. The molecule has 0 aliphatic heterocycles. The molecule has 3 nitrogen and oxygen atoms in total. The molecular formula is C28H34O3. The van der Waals surface area contributed by atoms with E-state index in [1.807, 2.05) is 19.1 Å². The second kappa shape index (κ2) is 8.18. The molecule has 164 valence electrons. The lowest BCUT2D eigenvalue weighted by Gasteiger charge is -2.41. The van der Waals surface area contributed by atoms with Crippen molar-refractivity contribution in [3.8, 4) is 11.1 Å². The average molecular weight is 419 g/mol. The molecule has 1 aliphatic rings. The third-order valence-corrected chi connectivity index (χ3v) is 6.66. The first-order valence-corrected chi connectivity index (χ1v) is 11.3. The van der Waals surface area contributed by atoms with Crippen LogP contribution in [0.5, 0.6) is 0 Å². The van der Waals surface area contributed by atoms with Crippen LogP contribution < -0.4 is 0 Å². The zero-order chi connectivity index (χ0) is 23.1. The van der Waals surface area contributed by atoms with Gasteiger partial charge in [0.05, 0.1) is 10.8 Å². The van der Waals surface area contributed by atoms with Crippen molar-refractivity contribution in [1.29, 1.82) is 0 Å². The van der Waals surface area contributed by atoms with Crippen molar-refractivity contribution >= 4 is 17.3 Å². The third-order valence-electron chi connectivity index (χ3n) is 6.66. The van der Waals surface area contributed by atoms with Gasteiger partial charge in [-0.3, -0.25) is 14.4 Å². The lowest BCUT2D eigenvalue weighted by molar-refractivity contribution is -0.157. The van der Waals surface area contributed by atoms with Gasteiger partial charge in [0.2, 0.25) is 0 Å². The molecule has 0 heterocycles. The van der Waals surface area contributed by atoms with Crippen LogP contribution >= 0.6 is 0 Å². The van der Waals surface area contributed by atoms with Crippen molar-refractivity contribution in [2.75, 3.05) is 0 Å². The molecule has 0 saturated heterocycles. The molecule has 0 radical (unpaired) electrons. The number of carbonyl (C=O) groups is 3. The van der Waals surface area contributed by atoms with E-state index in [2.05, 4.69) is 44.2 Å². The van der Waals surface area contributed by atoms with Crippen molar-refractivity contribution in [2.24, 2.45) is 16.7 Å². The summed E-state index contributed by atoms with van der Waals surface area (Å²) in [6.45, 7) is 13.1. The minimum atomic E-state index is -1.18. The summed E-state index contributed by atoms with van der Waals surface area (Å²) in [5, 5.41) is 0. The van der Waals surface area contributed by atoms with E-state index in [0.717, 1.165) is 35.1 Å². The smallest absolute Gasteiger partial charge is 0.160 e. The Morgan fingerprint density at radius 3 is 1.81 bits per heavy atom. The lowest BCUT2D eigenvalue weighted by Crippen LogP contribution is -2.56. The van der Waals surface area contributed by atoms with Gasteiger partial charge in [-0.15, -0.1) is 0 Å². The van der Waals surface area contributed by atoms with Gasteiger partial charge in [0, 0.05) is 0 Å². The second-order valence-electron chi connectivity index (χ2n) is 10.3. The van der Waals surface area contributed by atoms with Gasteiger partial charge in [0.15, 0.2) is 17.3 Å². The highest BCUT2D eigenvalue weighted by Gasteiger charge is 2.58. The Morgan fingerprint density at radius 2 is 1.32 bits per heavy atom. The van der Waals surface area contributed by atoms with Crippen molar-refractivity contribution in [3.05, 3.63) is 59.2 Å². The fourth-order valence-electron chi connectivity index (χ4n) is 4.80. The number of rotatable bonds is 5. The van der Waals surface area contributed by atoms with E-state index < -0.39 is 16.7 Å². The summed E-state index contributed by atoms with van der Waals surface area (Å²) in [7, 11) is 0. The highest BCUT2D eigenvalue weighted by atomic mass is 16.2. The average Bonchev–Trinajstić information content (AvgIpc) is 2.72. The topological polar surface area (TPSA) is 51.2 Å². The largest absolute Gasteiger partial charge is 0.298 e. The van der Waals surface area contributed by atoms with E-state index in [1.54, 1.807) is 27.7 Å². The fraction of sp³-hybridized carbons (Fsp3) is 0.464. The summed E-state index contributed by atoms with van der Waals surface area (Å²) < 4.78 is 0. The Morgan fingerprint density at radius 1 is 0.806 bits per heavy atom. The van der Waals surface area contributed by atoms with Gasteiger partial charge in [-0.05, 0) is 80.3 Å². The van der Waals surface area contributed by atoms with E-state index in [-0.39, 0.29) is 17.3 Å². The van der Waals surface area contributed by atoms with Gasteiger partial charge in [-0.25, -0.2) is 0 Å². The zero-order valence-electron chi connectivity index (χ0n) is 19.8. The predicted octanol–water partition coefficient (Wildman–Crippen LogP) is 5.97. The van der Waals surface area contributed by atoms with E-state index in [9.17, 15) is 14.4 Å². The second-order valence-corrected chi connectivity index (χ2v) is 10.3. The number of ketones is 3. The maximum atomic E-state index is 13.4. The van der Waals surface area contributed by atoms with Gasteiger partial charge in [-0.1, -0.05) is 57.2 Å². The van der Waals surface area contributed by atoms with E-state index >= 15 is 0 Å². The summed E-state index contributed by atoms with van der Waals surface area (Å²) in [4.78, 5) is 39.6. The van der Waals surface area contributed by atoms with Crippen LogP contribution in [-0.4, -0.2) is 17.3 Å². The number of Topliss-reactive ketones (excluding diaryl/α,β-unsaturated/α-hetero) is 3. The molecule has 1 saturated carbocycles. The molecular weight excluding hydrogens is 384 g/mol. The van der Waals surface area contributed by atoms with Crippen molar-refractivity contribution in [2.45, 2.75) is 67.2 Å². The molecule has 0 unspecified atom stereocenters. The van der Waals surface area contributed by atoms with Crippen LogP contribution in [0.15, 0.2) is 42.5 Å². The fourth-order valence-corrected chi connectivity index (χ4v) is 4.80. The van der Waals surface area contributed by atoms with Gasteiger partial charge < -0.3 is 0 Å². The standard InChI is InChI=1S/C28H34O3/c1-8-19-13-14-21(20-11-9-18(10-12-20)15-17(2)3)16-22(19)23-24(29)27(4,5)26(31)28(6,7)25(23)30/h9-14,16-17,23H,8,15H2,1-7H3. The lowest BCUT2D eigenvalue weighted by atomic mass is 9.57. The van der Waals surface area contributed by atoms with Crippen molar-refractivity contribution in [1.82, 2.24) is 0 Å². The number of carbonyl (C=O) groups excluding carboxylic acids is 3. The molecule has 0 aromatic heterocycles. The van der Waals surface area contributed by atoms with Gasteiger partial charge >= 0.3 is 0 Å². The monoisotopic (exact) mass is 418 g/mol. The number of benzene rings is 2. The van der Waals surface area contributed by atoms with Gasteiger partial charge in [0.25, 0.3) is 0 Å². The Labute approximate surface area is 186 Å². The minimum absolute atomic E-state index is 0.291. The summed E-state index contributed by atoms with van der Waals surface area (Å²) in [5.41, 5.74) is 2.70. The molecule has 2 aromatic carbocycles. The van der Waals surface area contributed by atoms with E-state index in [4.69, 9.17) is 0 Å². The molecule has 1 fully saturated rings. The van der Waals surface area contributed by atoms with Crippen molar-refractivity contribution in [3.63, 3.8) is 0 Å². The van der Waals surface area contributed by atoms with Crippen LogP contribution in [0.3, 0.4) is 0 Å². The molecule has 2 aromatic rings. The first kappa shape index (κ1) is 23.1.